The monoisotopic (exact) mass is 127 g/mol. The fourth-order valence-electron chi connectivity index (χ4n) is 1.14. The average molecular weight is 127 g/mol. The summed E-state index contributed by atoms with van der Waals surface area (Å²) in [6.45, 7) is 2.34. The third-order valence-corrected chi connectivity index (χ3v) is 1.57. The van der Waals surface area contributed by atoms with Gasteiger partial charge in [-0.25, -0.2) is 0 Å². The number of amides is 1. The molecule has 0 aromatic rings. The highest BCUT2D eigenvalue weighted by Gasteiger charge is 2.12. The van der Waals surface area contributed by atoms with Crippen molar-refractivity contribution >= 4 is 5.91 Å². The highest BCUT2D eigenvalue weighted by atomic mass is 16.1. The third-order valence-electron chi connectivity index (χ3n) is 1.57. The minimum absolute atomic E-state index is 0.333. The van der Waals surface area contributed by atoms with Crippen molar-refractivity contribution in [2.24, 2.45) is 0 Å². The number of likely N-dealkylation sites (tertiary alicyclic amines) is 1. The van der Waals surface area contributed by atoms with Gasteiger partial charge in [0.25, 0.3) is 5.91 Å². The van der Waals surface area contributed by atoms with Crippen LogP contribution in [-0.4, -0.2) is 30.4 Å². The van der Waals surface area contributed by atoms with Gasteiger partial charge in [0.05, 0.1) is 6.54 Å². The lowest BCUT2D eigenvalue weighted by molar-refractivity contribution is -0.119. The van der Waals surface area contributed by atoms with Crippen LogP contribution in [0.5, 0.6) is 0 Å². The number of carbonyl (C=O) groups excluding carboxylic acids is 1. The Bertz CT molecular complexity index is 108. The number of hydrogen-bond acceptors (Lipinski definition) is 2. The molecular formula is C6H11N2O. The molecule has 0 bridgehead atoms. The highest BCUT2D eigenvalue weighted by Crippen LogP contribution is 2.05. The van der Waals surface area contributed by atoms with Gasteiger partial charge in [-0.3, -0.25) is 15.4 Å². The Hall–Kier alpha value is -0.570. The summed E-state index contributed by atoms with van der Waals surface area (Å²) in [6, 6.07) is 0. The standard InChI is InChI=1S/C6H11N2O/c7-6(9)5-8-3-1-2-4-8/h7H,1-5H2. The molecule has 1 rings (SSSR count). The molecule has 1 saturated heterocycles. The molecule has 51 valence electrons. The number of nitrogens with one attached hydrogen (secondary N) is 1. The van der Waals surface area contributed by atoms with Gasteiger partial charge in [0.2, 0.25) is 0 Å². The van der Waals surface area contributed by atoms with E-state index in [1.807, 2.05) is 4.90 Å². The molecule has 0 aromatic carbocycles. The number of nitrogens with zero attached hydrogens (tertiary/aromatic N) is 1. The van der Waals surface area contributed by atoms with Gasteiger partial charge in [0.15, 0.2) is 0 Å². The summed E-state index contributed by atoms with van der Waals surface area (Å²) in [5.74, 6) is -0.461. The van der Waals surface area contributed by atoms with Gasteiger partial charge in [0, 0.05) is 0 Å². The van der Waals surface area contributed by atoms with Crippen molar-refractivity contribution in [1.82, 2.24) is 10.6 Å². The van der Waals surface area contributed by atoms with E-state index >= 15 is 0 Å². The van der Waals surface area contributed by atoms with E-state index in [4.69, 9.17) is 5.73 Å². The minimum Gasteiger partial charge on any atom is -0.294 e. The van der Waals surface area contributed by atoms with E-state index in [9.17, 15) is 4.79 Å². The lowest BCUT2D eigenvalue weighted by atomic mass is 10.4. The van der Waals surface area contributed by atoms with E-state index in [0.717, 1.165) is 13.1 Å². The van der Waals surface area contributed by atoms with Crippen LogP contribution < -0.4 is 5.73 Å². The Morgan fingerprint density at radius 3 is 2.44 bits per heavy atom. The van der Waals surface area contributed by atoms with E-state index in [0.29, 0.717) is 6.54 Å². The molecule has 1 radical (unpaired) electrons. The highest BCUT2D eigenvalue weighted by molar-refractivity contribution is 5.75. The molecule has 1 fully saturated rings. The molecule has 0 aromatic heterocycles. The van der Waals surface area contributed by atoms with E-state index < -0.39 is 5.91 Å². The topological polar surface area (TPSA) is 44.1 Å². The SMILES string of the molecule is [NH]C(=O)CN1CCCC1. The van der Waals surface area contributed by atoms with E-state index in [-0.39, 0.29) is 0 Å². The first-order valence-corrected chi connectivity index (χ1v) is 3.26. The van der Waals surface area contributed by atoms with Gasteiger partial charge >= 0.3 is 0 Å². The molecule has 1 amide bonds. The Morgan fingerprint density at radius 2 is 2.00 bits per heavy atom. The van der Waals surface area contributed by atoms with Crippen LogP contribution in [-0.2, 0) is 4.79 Å². The second-order valence-corrected chi connectivity index (χ2v) is 2.41. The van der Waals surface area contributed by atoms with E-state index in [2.05, 4.69) is 0 Å². The number of carbonyl (C=O) groups is 1. The zero-order valence-corrected chi connectivity index (χ0v) is 5.39. The molecule has 3 heteroatoms. The summed E-state index contributed by atoms with van der Waals surface area (Å²) in [5.41, 5.74) is 6.66. The van der Waals surface area contributed by atoms with Gasteiger partial charge in [0.1, 0.15) is 0 Å². The van der Waals surface area contributed by atoms with Crippen molar-refractivity contribution < 1.29 is 4.79 Å². The summed E-state index contributed by atoms with van der Waals surface area (Å²) in [5, 5.41) is 0. The molecule has 3 nitrogen and oxygen atoms in total. The molecule has 0 spiro atoms. The van der Waals surface area contributed by atoms with Gasteiger partial charge in [-0.15, -0.1) is 0 Å². The summed E-state index contributed by atoms with van der Waals surface area (Å²) in [6.07, 6.45) is 2.38. The van der Waals surface area contributed by atoms with Crippen molar-refractivity contribution in [1.29, 1.82) is 0 Å². The van der Waals surface area contributed by atoms with Crippen molar-refractivity contribution in [2.75, 3.05) is 19.6 Å². The maximum Gasteiger partial charge on any atom is 0.252 e. The Labute approximate surface area is 54.8 Å². The van der Waals surface area contributed by atoms with Crippen molar-refractivity contribution in [3.63, 3.8) is 0 Å². The normalized spacial score (nSPS) is 20.4. The van der Waals surface area contributed by atoms with Crippen LogP contribution in [0.4, 0.5) is 0 Å². The van der Waals surface area contributed by atoms with Gasteiger partial charge < -0.3 is 0 Å². The Morgan fingerprint density at radius 1 is 1.44 bits per heavy atom. The van der Waals surface area contributed by atoms with Gasteiger partial charge in [-0.1, -0.05) is 0 Å². The molecule has 1 heterocycles. The number of hydrogen-bond donors (Lipinski definition) is 0. The van der Waals surface area contributed by atoms with Crippen LogP contribution in [0.15, 0.2) is 0 Å². The molecular weight excluding hydrogens is 116 g/mol. The first-order chi connectivity index (χ1) is 4.29. The molecule has 0 atom stereocenters. The molecule has 0 aliphatic carbocycles. The zero-order valence-electron chi connectivity index (χ0n) is 5.39. The van der Waals surface area contributed by atoms with Crippen LogP contribution in [0.25, 0.3) is 0 Å². The maximum absolute atomic E-state index is 10.2. The average Bonchev–Trinajstić information content (AvgIpc) is 2.15. The summed E-state index contributed by atoms with van der Waals surface area (Å²) in [4.78, 5) is 12.2. The van der Waals surface area contributed by atoms with Crippen LogP contribution in [0.2, 0.25) is 0 Å². The first-order valence-electron chi connectivity index (χ1n) is 3.26. The lowest BCUT2D eigenvalue weighted by Gasteiger charge is -2.09. The van der Waals surface area contributed by atoms with Gasteiger partial charge in [-0.2, -0.15) is 0 Å². The molecule has 1 aliphatic heterocycles. The Kier molecular flexibility index (Phi) is 2.05. The first kappa shape index (κ1) is 6.55. The van der Waals surface area contributed by atoms with Crippen LogP contribution in [0.1, 0.15) is 12.8 Å². The molecule has 0 saturated carbocycles. The lowest BCUT2D eigenvalue weighted by Crippen LogP contribution is -2.27. The third kappa shape index (κ3) is 2.01. The van der Waals surface area contributed by atoms with Crippen LogP contribution in [0.3, 0.4) is 0 Å². The van der Waals surface area contributed by atoms with E-state index in [1.54, 1.807) is 0 Å². The second kappa shape index (κ2) is 2.82. The fraction of sp³-hybridized carbons (Fsp3) is 0.833. The number of rotatable bonds is 2. The zero-order chi connectivity index (χ0) is 6.69. The smallest absolute Gasteiger partial charge is 0.252 e. The molecule has 0 unspecified atom stereocenters. The van der Waals surface area contributed by atoms with Gasteiger partial charge in [-0.05, 0) is 25.9 Å². The molecule has 9 heavy (non-hydrogen) atoms. The predicted octanol–water partition coefficient (Wildman–Crippen LogP) is -0.108. The summed E-state index contributed by atoms with van der Waals surface area (Å²) in [7, 11) is 0. The summed E-state index contributed by atoms with van der Waals surface area (Å²) < 4.78 is 0. The molecule has 1 N–H and O–H groups in total. The fourth-order valence-corrected chi connectivity index (χ4v) is 1.14. The maximum atomic E-state index is 10.2. The van der Waals surface area contributed by atoms with E-state index in [1.165, 1.54) is 12.8 Å². The van der Waals surface area contributed by atoms with Crippen molar-refractivity contribution in [3.05, 3.63) is 0 Å². The van der Waals surface area contributed by atoms with Crippen LogP contribution in [0, 0.1) is 0 Å². The van der Waals surface area contributed by atoms with Crippen molar-refractivity contribution in [2.45, 2.75) is 12.8 Å². The minimum atomic E-state index is -0.461. The summed E-state index contributed by atoms with van der Waals surface area (Å²) >= 11 is 0. The quantitative estimate of drug-likeness (QED) is 0.519. The predicted molar refractivity (Wildman–Crippen MR) is 33.8 cm³/mol. The van der Waals surface area contributed by atoms with Crippen molar-refractivity contribution in [3.8, 4) is 0 Å². The largest absolute Gasteiger partial charge is 0.294 e. The van der Waals surface area contributed by atoms with Crippen LogP contribution >= 0.6 is 0 Å². The molecule has 1 aliphatic rings. The Balaban J connectivity index is 2.19. The second-order valence-electron chi connectivity index (χ2n) is 2.41.